The standard InChI is InChI=1S/C34H34N4O4/c1-34(2,3)37-32(40)30(28-21-35-29-18-10-9-15-25(28)29)38(22-23-12-5-4-6-13-23)33(41)27-17-8-7-16-26(27)31(39)36-20-24-14-11-19-42-24/h4-19,21,30,35H,20,22H2,1-3H3,(H,36,39)(H,37,40). The third kappa shape index (κ3) is 6.44. The number of para-hydroxylation sites is 1. The van der Waals surface area contributed by atoms with Crippen LogP contribution in [-0.4, -0.2) is 33.1 Å². The van der Waals surface area contributed by atoms with Crippen LogP contribution in [0.4, 0.5) is 0 Å². The lowest BCUT2D eigenvalue weighted by atomic mass is 9.98. The Labute approximate surface area is 244 Å². The molecule has 5 aromatic rings. The fraction of sp³-hybridized carbons (Fsp3) is 0.206. The highest BCUT2D eigenvalue weighted by Crippen LogP contribution is 2.32. The summed E-state index contributed by atoms with van der Waals surface area (Å²) in [4.78, 5) is 46.8. The van der Waals surface area contributed by atoms with Crippen molar-refractivity contribution in [1.29, 1.82) is 0 Å². The molecule has 0 saturated heterocycles. The number of amides is 3. The molecule has 0 aliphatic rings. The van der Waals surface area contributed by atoms with Crippen molar-refractivity contribution in [3.63, 3.8) is 0 Å². The Morgan fingerprint density at radius 2 is 1.55 bits per heavy atom. The van der Waals surface area contributed by atoms with Gasteiger partial charge in [0.25, 0.3) is 11.8 Å². The fourth-order valence-electron chi connectivity index (χ4n) is 4.97. The van der Waals surface area contributed by atoms with Crippen molar-refractivity contribution in [2.75, 3.05) is 0 Å². The maximum atomic E-state index is 14.6. The summed E-state index contributed by atoms with van der Waals surface area (Å²) in [6.07, 6.45) is 3.32. The number of aromatic amines is 1. The zero-order chi connectivity index (χ0) is 29.7. The Kier molecular flexibility index (Phi) is 8.24. The SMILES string of the molecule is CC(C)(C)NC(=O)C(c1c[nH]c2ccccc12)N(Cc1ccccc1)C(=O)c1ccccc1C(=O)NCc1ccco1. The van der Waals surface area contributed by atoms with Crippen molar-refractivity contribution in [2.24, 2.45) is 0 Å². The smallest absolute Gasteiger partial charge is 0.255 e. The van der Waals surface area contributed by atoms with E-state index in [9.17, 15) is 14.4 Å². The first-order chi connectivity index (χ1) is 20.2. The maximum Gasteiger partial charge on any atom is 0.255 e. The molecule has 5 rings (SSSR count). The van der Waals surface area contributed by atoms with E-state index in [1.807, 2.05) is 75.4 Å². The molecule has 8 nitrogen and oxygen atoms in total. The highest BCUT2D eigenvalue weighted by atomic mass is 16.3. The second-order valence-corrected chi connectivity index (χ2v) is 11.2. The van der Waals surface area contributed by atoms with Crippen LogP contribution in [-0.2, 0) is 17.9 Å². The molecule has 3 aromatic carbocycles. The summed E-state index contributed by atoms with van der Waals surface area (Å²) in [5, 5.41) is 6.75. The van der Waals surface area contributed by atoms with Gasteiger partial charge in [-0.2, -0.15) is 0 Å². The second-order valence-electron chi connectivity index (χ2n) is 11.2. The minimum absolute atomic E-state index is 0.143. The quantitative estimate of drug-likeness (QED) is 0.205. The number of hydrogen-bond donors (Lipinski definition) is 3. The second kappa shape index (κ2) is 12.2. The molecule has 2 heterocycles. The summed E-state index contributed by atoms with van der Waals surface area (Å²) in [6, 6.07) is 26.4. The fourth-order valence-corrected chi connectivity index (χ4v) is 4.97. The number of aromatic nitrogens is 1. The highest BCUT2D eigenvalue weighted by molar-refractivity contribution is 6.08. The van der Waals surface area contributed by atoms with E-state index in [1.54, 1.807) is 47.5 Å². The molecule has 0 aliphatic heterocycles. The van der Waals surface area contributed by atoms with E-state index in [0.29, 0.717) is 11.3 Å². The van der Waals surface area contributed by atoms with Gasteiger partial charge in [0.05, 0.1) is 23.9 Å². The number of nitrogens with zero attached hydrogens (tertiary/aromatic N) is 1. The van der Waals surface area contributed by atoms with Gasteiger partial charge in [-0.15, -0.1) is 0 Å². The third-order valence-electron chi connectivity index (χ3n) is 6.84. The maximum absolute atomic E-state index is 14.6. The molecule has 2 aromatic heterocycles. The van der Waals surface area contributed by atoms with Crippen molar-refractivity contribution in [3.8, 4) is 0 Å². The number of H-pyrrole nitrogens is 1. The molecule has 0 spiro atoms. The van der Waals surface area contributed by atoms with Crippen LogP contribution in [0.25, 0.3) is 10.9 Å². The number of carbonyl (C=O) groups excluding carboxylic acids is 3. The molecule has 42 heavy (non-hydrogen) atoms. The van der Waals surface area contributed by atoms with Crippen molar-refractivity contribution >= 4 is 28.6 Å². The van der Waals surface area contributed by atoms with Gasteiger partial charge in [0.15, 0.2) is 0 Å². The molecule has 1 atom stereocenters. The first-order valence-corrected chi connectivity index (χ1v) is 13.8. The van der Waals surface area contributed by atoms with E-state index in [0.717, 1.165) is 16.5 Å². The zero-order valence-electron chi connectivity index (χ0n) is 23.9. The Hall–Kier alpha value is -5.11. The van der Waals surface area contributed by atoms with Crippen LogP contribution in [0.5, 0.6) is 0 Å². The molecular weight excluding hydrogens is 528 g/mol. The summed E-state index contributed by atoms with van der Waals surface area (Å²) in [5.74, 6) is -0.591. The molecule has 3 amide bonds. The molecule has 0 radical (unpaired) electrons. The van der Waals surface area contributed by atoms with Crippen LogP contribution in [0.2, 0.25) is 0 Å². The van der Waals surface area contributed by atoms with Crippen LogP contribution in [0.1, 0.15) is 64.4 Å². The predicted molar refractivity (Wildman–Crippen MR) is 162 cm³/mol. The molecule has 0 fully saturated rings. The number of furan rings is 1. The Balaban J connectivity index is 1.60. The summed E-state index contributed by atoms with van der Waals surface area (Å²) in [7, 11) is 0. The number of nitrogens with one attached hydrogen (secondary N) is 3. The first-order valence-electron chi connectivity index (χ1n) is 13.8. The Bertz CT molecular complexity index is 1680. The lowest BCUT2D eigenvalue weighted by Gasteiger charge is -2.34. The van der Waals surface area contributed by atoms with Gasteiger partial charge < -0.3 is 24.9 Å². The molecule has 0 aliphatic carbocycles. The van der Waals surface area contributed by atoms with Gasteiger partial charge in [-0.25, -0.2) is 0 Å². The number of fused-ring (bicyclic) bond motifs is 1. The van der Waals surface area contributed by atoms with E-state index >= 15 is 0 Å². The van der Waals surface area contributed by atoms with Crippen molar-refractivity contribution < 1.29 is 18.8 Å². The van der Waals surface area contributed by atoms with Crippen LogP contribution < -0.4 is 10.6 Å². The van der Waals surface area contributed by atoms with Gasteiger partial charge in [0.2, 0.25) is 5.91 Å². The molecule has 0 bridgehead atoms. The number of rotatable bonds is 9. The number of benzene rings is 3. The third-order valence-corrected chi connectivity index (χ3v) is 6.84. The monoisotopic (exact) mass is 562 g/mol. The highest BCUT2D eigenvalue weighted by Gasteiger charge is 2.36. The molecule has 1 unspecified atom stereocenters. The molecule has 0 saturated carbocycles. The largest absolute Gasteiger partial charge is 0.467 e. The Morgan fingerprint density at radius 1 is 0.857 bits per heavy atom. The zero-order valence-corrected chi connectivity index (χ0v) is 23.9. The molecule has 3 N–H and O–H groups in total. The van der Waals surface area contributed by atoms with Gasteiger partial charge in [0, 0.05) is 34.7 Å². The minimum Gasteiger partial charge on any atom is -0.467 e. The first kappa shape index (κ1) is 28.4. The van der Waals surface area contributed by atoms with Gasteiger partial charge in [-0.05, 0) is 56.7 Å². The summed E-state index contributed by atoms with van der Waals surface area (Å²) in [5.41, 5.74) is 2.22. The molecule has 8 heteroatoms. The normalized spacial score (nSPS) is 12.1. The van der Waals surface area contributed by atoms with Crippen molar-refractivity contribution in [3.05, 3.63) is 131 Å². The lowest BCUT2D eigenvalue weighted by molar-refractivity contribution is -0.127. The van der Waals surface area contributed by atoms with E-state index in [-0.39, 0.29) is 30.1 Å². The molecule has 214 valence electrons. The lowest BCUT2D eigenvalue weighted by Crippen LogP contribution is -2.49. The van der Waals surface area contributed by atoms with E-state index < -0.39 is 23.4 Å². The van der Waals surface area contributed by atoms with Gasteiger partial charge in [0.1, 0.15) is 11.8 Å². The van der Waals surface area contributed by atoms with Gasteiger partial charge in [-0.1, -0.05) is 60.7 Å². The molecular formula is C34H34N4O4. The summed E-state index contributed by atoms with van der Waals surface area (Å²) in [6.45, 7) is 6.02. The van der Waals surface area contributed by atoms with E-state index in [4.69, 9.17) is 4.42 Å². The van der Waals surface area contributed by atoms with Crippen molar-refractivity contribution in [2.45, 2.75) is 45.4 Å². The Morgan fingerprint density at radius 3 is 2.26 bits per heavy atom. The van der Waals surface area contributed by atoms with Crippen molar-refractivity contribution in [1.82, 2.24) is 20.5 Å². The van der Waals surface area contributed by atoms with Crippen LogP contribution >= 0.6 is 0 Å². The minimum atomic E-state index is -0.993. The van der Waals surface area contributed by atoms with Gasteiger partial charge >= 0.3 is 0 Å². The van der Waals surface area contributed by atoms with Crippen LogP contribution in [0.3, 0.4) is 0 Å². The number of carbonyl (C=O) groups is 3. The van der Waals surface area contributed by atoms with E-state index in [2.05, 4.69) is 15.6 Å². The summed E-state index contributed by atoms with van der Waals surface area (Å²) < 4.78 is 5.34. The summed E-state index contributed by atoms with van der Waals surface area (Å²) >= 11 is 0. The van der Waals surface area contributed by atoms with Crippen LogP contribution in [0, 0.1) is 0 Å². The average molecular weight is 563 g/mol. The van der Waals surface area contributed by atoms with Gasteiger partial charge in [-0.3, -0.25) is 14.4 Å². The topological polar surface area (TPSA) is 107 Å². The predicted octanol–water partition coefficient (Wildman–Crippen LogP) is 5.99. The average Bonchev–Trinajstić information content (AvgIpc) is 3.65. The van der Waals surface area contributed by atoms with Crippen LogP contribution in [0.15, 0.2) is 108 Å². The van der Waals surface area contributed by atoms with E-state index in [1.165, 1.54) is 6.26 Å². The number of hydrogen-bond acceptors (Lipinski definition) is 4.